The Labute approximate surface area is 134 Å². The molecule has 3 nitrogen and oxygen atoms in total. The molecule has 0 aliphatic carbocycles. The third-order valence-corrected chi connectivity index (χ3v) is 6.05. The average Bonchev–Trinajstić information content (AvgIpc) is 2.99. The van der Waals surface area contributed by atoms with Crippen molar-refractivity contribution < 1.29 is 12.8 Å². The van der Waals surface area contributed by atoms with Crippen LogP contribution in [0.15, 0.2) is 53.4 Å². The summed E-state index contributed by atoms with van der Waals surface area (Å²) in [5.74, 6) is -0.325. The van der Waals surface area contributed by atoms with Crippen molar-refractivity contribution in [3.05, 3.63) is 64.9 Å². The van der Waals surface area contributed by atoms with E-state index < -0.39 is 10.0 Å². The smallest absolute Gasteiger partial charge is 0.207 e. The zero-order valence-electron chi connectivity index (χ0n) is 11.7. The minimum absolute atomic E-state index is 0.228. The van der Waals surface area contributed by atoms with E-state index in [1.54, 1.807) is 24.3 Å². The predicted molar refractivity (Wildman–Crippen MR) is 83.7 cm³/mol. The number of halogens is 2. The van der Waals surface area contributed by atoms with Gasteiger partial charge >= 0.3 is 0 Å². The van der Waals surface area contributed by atoms with E-state index in [9.17, 15) is 12.8 Å². The molecule has 1 aliphatic rings. The van der Waals surface area contributed by atoms with Gasteiger partial charge < -0.3 is 0 Å². The van der Waals surface area contributed by atoms with Gasteiger partial charge in [0.25, 0.3) is 0 Å². The number of nitrogens with zero attached hydrogens (tertiary/aromatic N) is 1. The first-order chi connectivity index (χ1) is 10.5. The molecule has 1 saturated heterocycles. The summed E-state index contributed by atoms with van der Waals surface area (Å²) in [5, 5.41) is 0.496. The van der Waals surface area contributed by atoms with Crippen LogP contribution in [0.5, 0.6) is 0 Å². The van der Waals surface area contributed by atoms with Crippen LogP contribution in [0.3, 0.4) is 0 Å². The first-order valence-electron chi connectivity index (χ1n) is 7.01. The van der Waals surface area contributed by atoms with Crippen molar-refractivity contribution in [1.82, 2.24) is 4.31 Å². The monoisotopic (exact) mass is 339 g/mol. The Morgan fingerprint density at radius 1 is 1.05 bits per heavy atom. The van der Waals surface area contributed by atoms with Gasteiger partial charge in [-0.25, -0.2) is 12.8 Å². The second-order valence-corrected chi connectivity index (χ2v) is 7.61. The zero-order valence-corrected chi connectivity index (χ0v) is 13.3. The fourth-order valence-corrected chi connectivity index (χ4v) is 4.60. The minimum Gasteiger partial charge on any atom is -0.207 e. The second kappa shape index (κ2) is 5.99. The quantitative estimate of drug-likeness (QED) is 0.847. The Kier molecular flexibility index (Phi) is 4.21. The zero-order chi connectivity index (χ0) is 15.7. The van der Waals surface area contributed by atoms with Crippen molar-refractivity contribution in [2.45, 2.75) is 23.8 Å². The van der Waals surface area contributed by atoms with Gasteiger partial charge in [-0.2, -0.15) is 4.31 Å². The van der Waals surface area contributed by atoms with Gasteiger partial charge in [-0.15, -0.1) is 0 Å². The molecular formula is C16H15ClFNO2S. The number of benzene rings is 2. The highest BCUT2D eigenvalue weighted by Crippen LogP contribution is 2.36. The first-order valence-corrected chi connectivity index (χ1v) is 8.83. The van der Waals surface area contributed by atoms with E-state index >= 15 is 0 Å². The number of rotatable bonds is 3. The molecule has 0 unspecified atom stereocenters. The lowest BCUT2D eigenvalue weighted by Gasteiger charge is -2.24. The molecule has 1 fully saturated rings. The van der Waals surface area contributed by atoms with Gasteiger partial charge in [-0.05, 0) is 54.8 Å². The van der Waals surface area contributed by atoms with Gasteiger partial charge in [-0.3, -0.25) is 0 Å². The molecule has 0 N–H and O–H groups in total. The molecule has 2 aromatic carbocycles. The van der Waals surface area contributed by atoms with Crippen LogP contribution in [0, 0.1) is 5.82 Å². The molecule has 6 heteroatoms. The van der Waals surface area contributed by atoms with Crippen LogP contribution in [0.1, 0.15) is 24.4 Å². The first kappa shape index (κ1) is 15.5. The minimum atomic E-state index is -3.58. The third-order valence-electron chi connectivity index (χ3n) is 3.88. The van der Waals surface area contributed by atoms with Crippen LogP contribution in [0.4, 0.5) is 4.39 Å². The Balaban J connectivity index is 1.95. The third kappa shape index (κ3) is 2.89. The molecule has 1 aliphatic heterocycles. The Morgan fingerprint density at radius 3 is 2.32 bits per heavy atom. The van der Waals surface area contributed by atoms with Gasteiger partial charge in [-0.1, -0.05) is 23.7 Å². The molecule has 1 heterocycles. The molecule has 116 valence electrons. The molecule has 3 rings (SSSR count). The molecular weight excluding hydrogens is 325 g/mol. The Morgan fingerprint density at radius 2 is 1.68 bits per heavy atom. The number of hydrogen-bond donors (Lipinski definition) is 0. The van der Waals surface area contributed by atoms with E-state index in [2.05, 4.69) is 0 Å². The van der Waals surface area contributed by atoms with Crippen LogP contribution < -0.4 is 0 Å². The summed E-state index contributed by atoms with van der Waals surface area (Å²) in [6.07, 6.45) is 1.52. The van der Waals surface area contributed by atoms with Crippen LogP contribution in [0.25, 0.3) is 0 Å². The lowest BCUT2D eigenvalue weighted by atomic mass is 10.1. The summed E-state index contributed by atoms with van der Waals surface area (Å²) in [7, 11) is -3.58. The highest BCUT2D eigenvalue weighted by Gasteiger charge is 2.36. The fraction of sp³-hybridized carbons (Fsp3) is 0.250. The number of hydrogen-bond acceptors (Lipinski definition) is 2. The molecule has 0 spiro atoms. The van der Waals surface area contributed by atoms with Gasteiger partial charge in [0, 0.05) is 11.6 Å². The number of sulfonamides is 1. The molecule has 0 radical (unpaired) electrons. The van der Waals surface area contributed by atoms with Gasteiger partial charge in [0.05, 0.1) is 10.9 Å². The van der Waals surface area contributed by atoms with Gasteiger partial charge in [0.1, 0.15) is 5.82 Å². The summed E-state index contributed by atoms with van der Waals surface area (Å²) >= 11 is 5.82. The topological polar surface area (TPSA) is 37.4 Å². The molecule has 2 aromatic rings. The maximum absolute atomic E-state index is 13.1. The van der Waals surface area contributed by atoms with Crippen molar-refractivity contribution >= 4 is 21.6 Å². The molecule has 1 atom stereocenters. The maximum Gasteiger partial charge on any atom is 0.243 e. The van der Waals surface area contributed by atoms with Crippen LogP contribution >= 0.6 is 11.6 Å². The lowest BCUT2D eigenvalue weighted by Crippen LogP contribution is -2.30. The Bertz CT molecular complexity index is 760. The van der Waals surface area contributed by atoms with Crippen LogP contribution in [0.2, 0.25) is 5.02 Å². The fourth-order valence-electron chi connectivity index (χ4n) is 2.79. The second-order valence-electron chi connectivity index (χ2n) is 5.28. The van der Waals surface area contributed by atoms with Crippen LogP contribution in [-0.4, -0.2) is 19.3 Å². The SMILES string of the molecule is O=S(=O)(c1ccc(Cl)cc1)N1CCC[C@@H]1c1ccc(F)cc1. The summed E-state index contributed by atoms with van der Waals surface area (Å²) in [5.41, 5.74) is 0.816. The molecule has 0 saturated carbocycles. The summed E-state index contributed by atoms with van der Waals surface area (Å²) < 4.78 is 40.2. The molecule has 0 aromatic heterocycles. The van der Waals surface area contributed by atoms with Crippen molar-refractivity contribution in [1.29, 1.82) is 0 Å². The standard InChI is InChI=1S/C16H15ClFNO2S/c17-13-5-9-15(10-6-13)22(20,21)19-11-1-2-16(19)12-3-7-14(18)8-4-12/h3-10,16H,1-2,11H2/t16-/m1/s1. The van der Waals surface area contributed by atoms with E-state index in [1.807, 2.05) is 0 Å². The molecule has 0 bridgehead atoms. The van der Waals surface area contributed by atoms with Crippen molar-refractivity contribution in [3.63, 3.8) is 0 Å². The lowest BCUT2D eigenvalue weighted by molar-refractivity contribution is 0.396. The predicted octanol–water partition coefficient (Wildman–Crippen LogP) is 4.00. The van der Waals surface area contributed by atoms with E-state index in [4.69, 9.17) is 11.6 Å². The van der Waals surface area contributed by atoms with Gasteiger partial charge in [0.2, 0.25) is 10.0 Å². The van der Waals surface area contributed by atoms with Crippen molar-refractivity contribution in [3.8, 4) is 0 Å². The largest absolute Gasteiger partial charge is 0.243 e. The highest BCUT2D eigenvalue weighted by molar-refractivity contribution is 7.89. The Hall–Kier alpha value is -1.43. The van der Waals surface area contributed by atoms with Crippen LogP contribution in [-0.2, 0) is 10.0 Å². The summed E-state index contributed by atoms with van der Waals surface area (Å²) in [6.45, 7) is 0.465. The van der Waals surface area contributed by atoms with Gasteiger partial charge in [0.15, 0.2) is 0 Å². The highest BCUT2D eigenvalue weighted by atomic mass is 35.5. The van der Waals surface area contributed by atoms with Crippen molar-refractivity contribution in [2.24, 2.45) is 0 Å². The molecule has 0 amide bonds. The maximum atomic E-state index is 13.1. The summed E-state index contributed by atoms with van der Waals surface area (Å²) in [6, 6.07) is 11.9. The van der Waals surface area contributed by atoms with E-state index in [-0.39, 0.29) is 16.8 Å². The van der Waals surface area contributed by atoms with E-state index in [0.717, 1.165) is 18.4 Å². The summed E-state index contributed by atoms with van der Waals surface area (Å²) in [4.78, 5) is 0.228. The van der Waals surface area contributed by atoms with Crippen molar-refractivity contribution in [2.75, 3.05) is 6.54 Å². The van der Waals surface area contributed by atoms with E-state index in [0.29, 0.717) is 11.6 Å². The normalized spacial score (nSPS) is 19.5. The average molecular weight is 340 g/mol. The van der Waals surface area contributed by atoms with E-state index in [1.165, 1.54) is 28.6 Å². The molecule has 22 heavy (non-hydrogen) atoms.